The molecule has 0 aliphatic rings. The number of nitrogens with two attached hydrogens (primary N) is 1. The molecular formula is C8H10N2O4. The fraction of sp³-hybridized carbons (Fsp3) is 0.250. The maximum atomic E-state index is 11.1. The normalized spacial score (nSPS) is 9.79. The van der Waals surface area contributed by atoms with Gasteiger partial charge in [-0.2, -0.15) is 0 Å². The van der Waals surface area contributed by atoms with E-state index in [9.17, 15) is 9.59 Å². The van der Waals surface area contributed by atoms with Gasteiger partial charge < -0.3 is 15.7 Å². The monoisotopic (exact) mass is 198 g/mol. The molecule has 3 N–H and O–H groups in total. The molecule has 0 aliphatic heterocycles. The minimum absolute atomic E-state index is 0.131. The van der Waals surface area contributed by atoms with Gasteiger partial charge in [0.15, 0.2) is 0 Å². The van der Waals surface area contributed by atoms with Gasteiger partial charge in [0.2, 0.25) is 0 Å². The van der Waals surface area contributed by atoms with Gasteiger partial charge >= 0.3 is 11.9 Å². The van der Waals surface area contributed by atoms with E-state index in [-0.39, 0.29) is 17.9 Å². The maximum absolute atomic E-state index is 11.1. The van der Waals surface area contributed by atoms with E-state index in [0.29, 0.717) is 0 Å². The van der Waals surface area contributed by atoms with Gasteiger partial charge in [-0.3, -0.25) is 4.68 Å². The van der Waals surface area contributed by atoms with Crippen LogP contribution in [0.15, 0.2) is 12.3 Å². The molecule has 0 saturated carbocycles. The van der Waals surface area contributed by atoms with Crippen LogP contribution in [0.25, 0.3) is 0 Å². The lowest BCUT2D eigenvalue weighted by Crippen LogP contribution is -2.14. The zero-order valence-corrected chi connectivity index (χ0v) is 7.56. The standard InChI is InChI=1S/C8H10N2O4/c1-2-14-8(13)5-3-6(7(11)12)10(9)4-5/h3-4H,2,9H2,1H3,(H,11,12). The highest BCUT2D eigenvalue weighted by atomic mass is 16.5. The lowest BCUT2D eigenvalue weighted by Gasteiger charge is -1.96. The summed E-state index contributed by atoms with van der Waals surface area (Å²) in [5.74, 6) is 3.53. The van der Waals surface area contributed by atoms with Gasteiger partial charge in [-0.1, -0.05) is 0 Å². The average molecular weight is 198 g/mol. The van der Waals surface area contributed by atoms with Gasteiger partial charge in [0, 0.05) is 6.20 Å². The number of carbonyl (C=O) groups is 2. The first-order valence-electron chi connectivity index (χ1n) is 3.94. The topological polar surface area (TPSA) is 94.5 Å². The molecule has 0 fully saturated rings. The zero-order chi connectivity index (χ0) is 10.7. The van der Waals surface area contributed by atoms with Crippen LogP contribution in [0.3, 0.4) is 0 Å². The number of ether oxygens (including phenoxy) is 1. The maximum Gasteiger partial charge on any atom is 0.354 e. The minimum Gasteiger partial charge on any atom is -0.477 e. The Morgan fingerprint density at radius 3 is 2.71 bits per heavy atom. The van der Waals surface area contributed by atoms with Crippen LogP contribution in [0.4, 0.5) is 0 Å². The third-order valence-electron chi connectivity index (χ3n) is 1.58. The van der Waals surface area contributed by atoms with Crippen LogP contribution in [-0.4, -0.2) is 28.3 Å². The molecule has 1 aromatic rings. The summed E-state index contributed by atoms with van der Waals surface area (Å²) in [6.07, 6.45) is 1.21. The lowest BCUT2D eigenvalue weighted by molar-refractivity contribution is 0.0526. The van der Waals surface area contributed by atoms with Crippen molar-refractivity contribution in [3.63, 3.8) is 0 Å². The van der Waals surface area contributed by atoms with Crippen LogP contribution in [0.5, 0.6) is 0 Å². The summed E-state index contributed by atoms with van der Waals surface area (Å²) < 4.78 is 5.54. The fourth-order valence-electron chi connectivity index (χ4n) is 0.977. The third-order valence-corrected chi connectivity index (χ3v) is 1.58. The van der Waals surface area contributed by atoms with Crippen molar-refractivity contribution in [2.75, 3.05) is 12.4 Å². The summed E-state index contributed by atoms with van der Waals surface area (Å²) in [5.41, 5.74) is -0.0280. The molecule has 6 heteroatoms. The second kappa shape index (κ2) is 3.82. The van der Waals surface area contributed by atoms with Crippen molar-refractivity contribution < 1.29 is 19.4 Å². The number of hydrogen-bond acceptors (Lipinski definition) is 4. The molecular weight excluding hydrogens is 188 g/mol. The highest BCUT2D eigenvalue weighted by Gasteiger charge is 2.15. The number of aromatic nitrogens is 1. The predicted octanol–water partition coefficient (Wildman–Crippen LogP) is 0.0768. The smallest absolute Gasteiger partial charge is 0.354 e. The van der Waals surface area contributed by atoms with Crippen LogP contribution in [0.1, 0.15) is 27.8 Å². The average Bonchev–Trinajstić information content (AvgIpc) is 2.48. The Morgan fingerprint density at radius 2 is 2.29 bits per heavy atom. The number of carboxylic acids is 1. The first kappa shape index (κ1) is 10.1. The van der Waals surface area contributed by atoms with Crippen LogP contribution in [0, 0.1) is 0 Å². The summed E-state index contributed by atoms with van der Waals surface area (Å²) in [6, 6.07) is 1.17. The van der Waals surface area contributed by atoms with Crippen molar-refractivity contribution in [2.45, 2.75) is 6.92 Å². The highest BCUT2D eigenvalue weighted by Crippen LogP contribution is 2.07. The summed E-state index contributed by atoms with van der Waals surface area (Å²) in [5, 5.41) is 8.64. The van der Waals surface area contributed by atoms with E-state index in [1.807, 2.05) is 0 Å². The second-order valence-corrected chi connectivity index (χ2v) is 2.55. The Balaban J connectivity index is 2.96. The van der Waals surface area contributed by atoms with Crippen LogP contribution < -0.4 is 5.84 Å². The van der Waals surface area contributed by atoms with Gasteiger partial charge in [-0.15, -0.1) is 0 Å². The highest BCUT2D eigenvalue weighted by molar-refractivity contribution is 5.94. The summed E-state index contributed by atoms with van der Waals surface area (Å²) in [6.45, 7) is 1.90. The Hall–Kier alpha value is -1.98. The molecule has 0 saturated heterocycles. The van der Waals surface area contributed by atoms with Crippen LogP contribution in [0.2, 0.25) is 0 Å². The molecule has 1 heterocycles. The molecule has 14 heavy (non-hydrogen) atoms. The van der Waals surface area contributed by atoms with E-state index in [1.54, 1.807) is 6.92 Å². The zero-order valence-electron chi connectivity index (χ0n) is 7.56. The Kier molecular flexibility index (Phi) is 2.76. The van der Waals surface area contributed by atoms with Crippen LogP contribution in [-0.2, 0) is 4.74 Å². The van der Waals surface area contributed by atoms with Crippen molar-refractivity contribution in [1.29, 1.82) is 0 Å². The van der Waals surface area contributed by atoms with E-state index in [1.165, 1.54) is 12.3 Å². The van der Waals surface area contributed by atoms with E-state index in [4.69, 9.17) is 10.9 Å². The molecule has 0 aromatic carbocycles. The Morgan fingerprint density at radius 1 is 1.64 bits per heavy atom. The first-order chi connectivity index (χ1) is 6.56. The SMILES string of the molecule is CCOC(=O)c1cc(C(=O)O)n(N)c1. The molecule has 0 aliphatic carbocycles. The number of carbonyl (C=O) groups excluding carboxylic acids is 1. The van der Waals surface area contributed by atoms with Crippen molar-refractivity contribution in [2.24, 2.45) is 0 Å². The van der Waals surface area contributed by atoms with E-state index in [2.05, 4.69) is 4.74 Å². The van der Waals surface area contributed by atoms with Crippen molar-refractivity contribution in [1.82, 2.24) is 4.68 Å². The fourth-order valence-corrected chi connectivity index (χ4v) is 0.977. The number of aromatic carboxylic acids is 1. The number of nitrogens with zero attached hydrogens (tertiary/aromatic N) is 1. The largest absolute Gasteiger partial charge is 0.477 e. The third kappa shape index (κ3) is 1.85. The lowest BCUT2D eigenvalue weighted by atomic mass is 10.3. The summed E-state index contributed by atoms with van der Waals surface area (Å²) in [7, 11) is 0. The van der Waals surface area contributed by atoms with Crippen molar-refractivity contribution >= 4 is 11.9 Å². The molecule has 0 spiro atoms. The number of hydrogen-bond donors (Lipinski definition) is 2. The van der Waals surface area contributed by atoms with E-state index >= 15 is 0 Å². The first-order valence-corrected chi connectivity index (χ1v) is 3.94. The van der Waals surface area contributed by atoms with E-state index in [0.717, 1.165) is 4.68 Å². The van der Waals surface area contributed by atoms with Gasteiger partial charge in [-0.05, 0) is 13.0 Å². The number of rotatable bonds is 3. The van der Waals surface area contributed by atoms with Gasteiger partial charge in [0.25, 0.3) is 0 Å². The number of nitrogen functional groups attached to an aromatic ring is 1. The Labute approximate surface area is 79.9 Å². The van der Waals surface area contributed by atoms with Gasteiger partial charge in [0.05, 0.1) is 12.2 Å². The summed E-state index contributed by atoms with van der Waals surface area (Å²) >= 11 is 0. The molecule has 0 bridgehead atoms. The van der Waals surface area contributed by atoms with Gasteiger partial charge in [0.1, 0.15) is 5.69 Å². The van der Waals surface area contributed by atoms with Crippen LogP contribution >= 0.6 is 0 Å². The molecule has 0 unspecified atom stereocenters. The molecule has 1 rings (SSSR count). The summed E-state index contributed by atoms with van der Waals surface area (Å²) in [4.78, 5) is 21.7. The molecule has 6 nitrogen and oxygen atoms in total. The molecule has 1 aromatic heterocycles. The van der Waals surface area contributed by atoms with Crippen molar-refractivity contribution in [3.8, 4) is 0 Å². The number of esters is 1. The molecule has 76 valence electrons. The minimum atomic E-state index is -1.19. The quantitative estimate of drug-likeness (QED) is 0.529. The predicted molar refractivity (Wildman–Crippen MR) is 47.5 cm³/mol. The van der Waals surface area contributed by atoms with E-state index < -0.39 is 11.9 Å². The number of carboxylic acid groups (broad SMARTS) is 1. The van der Waals surface area contributed by atoms with Crippen molar-refractivity contribution in [3.05, 3.63) is 23.5 Å². The van der Waals surface area contributed by atoms with Gasteiger partial charge in [-0.25, -0.2) is 9.59 Å². The molecule has 0 atom stereocenters. The second-order valence-electron chi connectivity index (χ2n) is 2.55. The molecule has 0 radical (unpaired) electrons. The Bertz CT molecular complexity index is 369. The molecule has 0 amide bonds.